The van der Waals surface area contributed by atoms with Crippen LogP contribution in [0.3, 0.4) is 0 Å². The molecule has 2 heterocycles. The molecule has 26 heavy (non-hydrogen) atoms. The number of guanidine groups is 1. The number of nitrogens with one attached hydrogen (secondary N) is 2. The Labute approximate surface area is 176 Å². The topological polar surface area (TPSA) is 71.4 Å². The highest BCUT2D eigenvalue weighted by Gasteiger charge is 2.10. The van der Waals surface area contributed by atoms with Gasteiger partial charge in [-0.3, -0.25) is 4.98 Å². The molecular formula is C18H28IN5OS. The van der Waals surface area contributed by atoms with Gasteiger partial charge in [0, 0.05) is 28.7 Å². The molecule has 0 saturated heterocycles. The zero-order chi connectivity index (χ0) is 18.4. The average Bonchev–Trinajstić information content (AvgIpc) is 2.90. The Morgan fingerprint density at radius 2 is 1.96 bits per heavy atom. The quantitative estimate of drug-likeness (QED) is 0.368. The number of hydrogen-bond donors (Lipinski definition) is 2. The van der Waals surface area contributed by atoms with Crippen molar-refractivity contribution in [2.45, 2.75) is 47.7 Å². The van der Waals surface area contributed by atoms with Crippen LogP contribution in [0.5, 0.6) is 5.75 Å². The van der Waals surface area contributed by atoms with E-state index in [1.165, 1.54) is 4.88 Å². The van der Waals surface area contributed by atoms with Gasteiger partial charge in [-0.15, -0.1) is 35.3 Å². The van der Waals surface area contributed by atoms with Crippen molar-refractivity contribution in [1.29, 1.82) is 0 Å². The minimum Gasteiger partial charge on any atom is -0.496 e. The Balaban J connectivity index is 0.00000338. The number of ether oxygens (including phenoxy) is 1. The maximum Gasteiger partial charge on any atom is 0.191 e. The fourth-order valence-corrected chi connectivity index (χ4v) is 3.37. The van der Waals surface area contributed by atoms with Gasteiger partial charge in [0.25, 0.3) is 0 Å². The molecule has 0 aliphatic rings. The first kappa shape index (κ1) is 22.6. The summed E-state index contributed by atoms with van der Waals surface area (Å²) in [4.78, 5) is 15.0. The average molecular weight is 489 g/mol. The van der Waals surface area contributed by atoms with Crippen LogP contribution in [0.1, 0.15) is 39.3 Å². The summed E-state index contributed by atoms with van der Waals surface area (Å²) < 4.78 is 5.46. The Morgan fingerprint density at radius 3 is 2.54 bits per heavy atom. The van der Waals surface area contributed by atoms with Crippen LogP contribution < -0.4 is 15.4 Å². The lowest BCUT2D eigenvalue weighted by atomic mass is 10.1. The highest BCUT2D eigenvalue weighted by molar-refractivity contribution is 14.0. The number of aliphatic imine (C=N–C) groups is 1. The van der Waals surface area contributed by atoms with E-state index >= 15 is 0 Å². The van der Waals surface area contributed by atoms with E-state index in [2.05, 4.69) is 32.5 Å². The van der Waals surface area contributed by atoms with Crippen molar-refractivity contribution in [3.05, 3.63) is 38.6 Å². The third-order valence-corrected chi connectivity index (χ3v) is 5.03. The first-order valence-corrected chi connectivity index (χ1v) is 9.22. The maximum absolute atomic E-state index is 5.46. The molecule has 0 aromatic carbocycles. The van der Waals surface area contributed by atoms with Gasteiger partial charge in [-0.25, -0.2) is 9.98 Å². The molecule has 2 aromatic rings. The summed E-state index contributed by atoms with van der Waals surface area (Å²) in [5, 5.41) is 7.66. The largest absolute Gasteiger partial charge is 0.496 e. The molecule has 0 spiro atoms. The highest BCUT2D eigenvalue weighted by atomic mass is 127. The number of nitrogens with zero attached hydrogens (tertiary/aromatic N) is 3. The number of halogens is 1. The predicted octanol–water partition coefficient (Wildman–Crippen LogP) is 3.65. The van der Waals surface area contributed by atoms with Gasteiger partial charge in [-0.05, 0) is 34.6 Å². The summed E-state index contributed by atoms with van der Waals surface area (Å²) in [5.41, 5.74) is 4.08. The van der Waals surface area contributed by atoms with Gasteiger partial charge >= 0.3 is 0 Å². The van der Waals surface area contributed by atoms with Gasteiger partial charge in [0.1, 0.15) is 10.8 Å². The van der Waals surface area contributed by atoms with E-state index in [0.29, 0.717) is 13.1 Å². The van der Waals surface area contributed by atoms with E-state index in [0.717, 1.165) is 45.8 Å². The van der Waals surface area contributed by atoms with Gasteiger partial charge in [-0.1, -0.05) is 0 Å². The number of aromatic nitrogens is 2. The fraction of sp³-hybridized carbons (Fsp3) is 0.500. The SMILES string of the molecule is CCNC(=NCc1ncc(C)c(OC)c1C)NCc1nc(C)c(C)s1.I. The van der Waals surface area contributed by atoms with Crippen molar-refractivity contribution in [2.24, 2.45) is 4.99 Å². The van der Waals surface area contributed by atoms with E-state index < -0.39 is 0 Å². The van der Waals surface area contributed by atoms with Crippen LogP contribution in [-0.4, -0.2) is 29.6 Å². The Hall–Kier alpha value is -1.42. The zero-order valence-electron chi connectivity index (χ0n) is 16.3. The Morgan fingerprint density at radius 1 is 1.23 bits per heavy atom. The van der Waals surface area contributed by atoms with Crippen LogP contribution in [0.2, 0.25) is 0 Å². The third-order valence-electron chi connectivity index (χ3n) is 3.96. The van der Waals surface area contributed by atoms with Gasteiger partial charge in [0.15, 0.2) is 5.96 Å². The molecule has 8 heteroatoms. The van der Waals surface area contributed by atoms with Gasteiger partial charge in [0.05, 0.1) is 31.6 Å². The van der Waals surface area contributed by atoms with E-state index in [1.807, 2.05) is 33.9 Å². The third kappa shape index (κ3) is 5.80. The molecule has 0 saturated carbocycles. The van der Waals surface area contributed by atoms with Crippen molar-refractivity contribution in [3.63, 3.8) is 0 Å². The summed E-state index contributed by atoms with van der Waals surface area (Å²) in [6, 6.07) is 0. The summed E-state index contributed by atoms with van der Waals surface area (Å²) in [5.74, 6) is 1.64. The monoisotopic (exact) mass is 489 g/mol. The molecule has 0 aliphatic heterocycles. The number of methoxy groups -OCH3 is 1. The molecule has 0 aliphatic carbocycles. The lowest BCUT2D eigenvalue weighted by molar-refractivity contribution is 0.407. The van der Waals surface area contributed by atoms with Crippen LogP contribution in [0.25, 0.3) is 0 Å². The number of pyridine rings is 1. The molecule has 0 bridgehead atoms. The van der Waals surface area contributed by atoms with E-state index in [9.17, 15) is 0 Å². The number of aryl methyl sites for hydroxylation is 3. The maximum atomic E-state index is 5.46. The van der Waals surface area contributed by atoms with Crippen molar-refractivity contribution in [1.82, 2.24) is 20.6 Å². The van der Waals surface area contributed by atoms with E-state index in [-0.39, 0.29) is 24.0 Å². The summed E-state index contributed by atoms with van der Waals surface area (Å²) in [7, 11) is 1.69. The summed E-state index contributed by atoms with van der Waals surface area (Å²) in [6.07, 6.45) is 1.83. The summed E-state index contributed by atoms with van der Waals surface area (Å²) >= 11 is 1.71. The molecule has 0 fully saturated rings. The number of thiazole rings is 1. The van der Waals surface area contributed by atoms with Crippen molar-refractivity contribution >= 4 is 41.3 Å². The van der Waals surface area contributed by atoms with Crippen LogP contribution in [0, 0.1) is 27.7 Å². The zero-order valence-corrected chi connectivity index (χ0v) is 19.4. The molecule has 2 aromatic heterocycles. The van der Waals surface area contributed by atoms with Gasteiger partial charge in [-0.2, -0.15) is 0 Å². The number of rotatable bonds is 6. The van der Waals surface area contributed by atoms with Gasteiger partial charge in [0.2, 0.25) is 0 Å². The molecule has 2 rings (SSSR count). The first-order valence-electron chi connectivity index (χ1n) is 8.40. The van der Waals surface area contributed by atoms with Crippen molar-refractivity contribution in [2.75, 3.05) is 13.7 Å². The van der Waals surface area contributed by atoms with Crippen molar-refractivity contribution < 1.29 is 4.74 Å². The Bertz CT molecular complexity index is 741. The molecule has 0 amide bonds. The van der Waals surface area contributed by atoms with Crippen LogP contribution in [0.15, 0.2) is 11.2 Å². The second kappa shape index (κ2) is 10.7. The van der Waals surface area contributed by atoms with Crippen LogP contribution >= 0.6 is 35.3 Å². The van der Waals surface area contributed by atoms with E-state index in [1.54, 1.807) is 18.4 Å². The standard InChI is InChI=1S/C18H27N5OS.HI/c1-7-19-18(22-10-16-23-13(4)14(5)25-16)21-9-15-12(3)17(24-6)11(2)8-20-15;/h8H,7,9-10H2,1-6H3,(H2,19,21,22);1H. The minimum absolute atomic E-state index is 0. The van der Waals surface area contributed by atoms with Gasteiger partial charge < -0.3 is 15.4 Å². The van der Waals surface area contributed by atoms with E-state index in [4.69, 9.17) is 4.74 Å². The minimum atomic E-state index is 0. The molecule has 0 radical (unpaired) electrons. The molecule has 0 unspecified atom stereocenters. The molecular weight excluding hydrogens is 461 g/mol. The first-order chi connectivity index (χ1) is 12.0. The normalized spacial score (nSPS) is 11.1. The second-order valence-electron chi connectivity index (χ2n) is 5.84. The fourth-order valence-electron chi connectivity index (χ4n) is 2.50. The lowest BCUT2D eigenvalue weighted by Crippen LogP contribution is -2.36. The Kier molecular flexibility index (Phi) is 9.28. The van der Waals surface area contributed by atoms with Crippen LogP contribution in [0.4, 0.5) is 0 Å². The highest BCUT2D eigenvalue weighted by Crippen LogP contribution is 2.24. The predicted molar refractivity (Wildman–Crippen MR) is 119 cm³/mol. The van der Waals surface area contributed by atoms with Crippen molar-refractivity contribution in [3.8, 4) is 5.75 Å². The smallest absolute Gasteiger partial charge is 0.191 e. The molecule has 6 nitrogen and oxygen atoms in total. The summed E-state index contributed by atoms with van der Waals surface area (Å²) in [6.45, 7) is 12.1. The molecule has 2 N–H and O–H groups in total. The molecule has 0 atom stereocenters. The second-order valence-corrected chi connectivity index (χ2v) is 7.13. The van der Waals surface area contributed by atoms with Crippen LogP contribution in [-0.2, 0) is 13.1 Å². The number of hydrogen-bond acceptors (Lipinski definition) is 5. The lowest BCUT2D eigenvalue weighted by Gasteiger charge is -2.13. The molecule has 144 valence electrons.